The van der Waals surface area contributed by atoms with Crippen molar-refractivity contribution in [1.29, 1.82) is 0 Å². The average molecular weight is 1740 g/mol. The molecule has 0 spiro atoms. The minimum absolute atomic E-state index is 0.0282. The van der Waals surface area contributed by atoms with Gasteiger partial charge in [0.1, 0.15) is 73.1 Å². The molecule has 6 aromatic rings. The van der Waals surface area contributed by atoms with Gasteiger partial charge in [-0.3, -0.25) is 0 Å². The van der Waals surface area contributed by atoms with E-state index in [1.165, 1.54) is 0 Å². The summed E-state index contributed by atoms with van der Waals surface area (Å²) < 4.78 is 32.5. The highest BCUT2D eigenvalue weighted by Crippen LogP contribution is 2.48. The summed E-state index contributed by atoms with van der Waals surface area (Å²) in [6.45, 7) is 12.5. The number of rotatable bonds is 18. The molecule has 0 aliphatic heterocycles. The van der Waals surface area contributed by atoms with Crippen LogP contribution >= 0.6 is 191 Å². The lowest BCUT2D eigenvalue weighted by Gasteiger charge is -2.29. The molecule has 4 N–H and O–H groups in total. The molecule has 8 nitrogen and oxygen atoms in total. The molecule has 0 heterocycles. The Labute approximate surface area is 514 Å². The lowest BCUT2D eigenvalue weighted by Crippen LogP contribution is -2.26. The van der Waals surface area contributed by atoms with Crippen LogP contribution in [0, 0.1) is 0 Å². The Hall–Kier alpha value is -0.200. The molecule has 0 saturated heterocycles. The van der Waals surface area contributed by atoms with Crippen LogP contribution in [-0.4, -0.2) is 59.1 Å². The van der Waals surface area contributed by atoms with E-state index in [0.29, 0.717) is 76.7 Å². The first-order valence-corrected chi connectivity index (χ1v) is 30.8. The highest BCUT2D eigenvalue weighted by atomic mass is 79.9. The second-order valence-corrected chi connectivity index (χ2v) is 28.3. The number of hydrogen-bond donors (Lipinski definition) is 4. The number of benzene rings is 6. The van der Waals surface area contributed by atoms with Gasteiger partial charge in [0.05, 0.1) is 53.7 Å². The van der Waals surface area contributed by atoms with Gasteiger partial charge in [0, 0.05) is 16.2 Å². The first kappa shape index (κ1) is 60.0. The molecule has 0 bridgehead atoms. The predicted molar refractivity (Wildman–Crippen MR) is 325 cm³/mol. The number of aliphatic hydroxyl groups excluding tert-OH is 2. The van der Waals surface area contributed by atoms with E-state index in [1.54, 1.807) is 0 Å². The summed E-state index contributed by atoms with van der Waals surface area (Å²) in [5.74, 6) is 2.44. The van der Waals surface area contributed by atoms with Gasteiger partial charge in [-0.25, -0.2) is 0 Å². The van der Waals surface area contributed by atoms with E-state index in [2.05, 4.69) is 233 Å². The summed E-state index contributed by atoms with van der Waals surface area (Å²) in [6, 6.07) is 23.5. The van der Waals surface area contributed by atoms with Crippen LogP contribution in [-0.2, 0) is 16.2 Å². The average Bonchev–Trinajstić information content (AvgIpc) is 3.28. The first-order valence-electron chi connectivity index (χ1n) is 21.3. The Morgan fingerprint density at radius 3 is 0.606 bits per heavy atom. The molecule has 0 aliphatic rings. The van der Waals surface area contributed by atoms with Crippen molar-refractivity contribution in [2.24, 2.45) is 0 Å². The molecule has 0 amide bonds. The fourth-order valence-electron chi connectivity index (χ4n) is 7.40. The smallest absolute Gasteiger partial charge is 0.147 e. The summed E-state index contributed by atoms with van der Waals surface area (Å²) in [7, 11) is 0. The third-order valence-corrected chi connectivity index (χ3v) is 19.2. The minimum Gasteiger partial charge on any atom is -0.506 e. The van der Waals surface area contributed by atoms with Crippen LogP contribution in [0.5, 0.6) is 34.5 Å². The molecule has 0 radical (unpaired) electrons. The van der Waals surface area contributed by atoms with Crippen molar-refractivity contribution in [3.8, 4) is 34.5 Å². The number of halogens is 12. The lowest BCUT2D eigenvalue weighted by molar-refractivity contribution is 0.0615. The predicted octanol–water partition coefficient (Wildman–Crippen LogP) is 18.9. The molecule has 6 aromatic carbocycles. The Balaban J connectivity index is 1.05. The number of ether oxygens (including phenoxy) is 4. The van der Waals surface area contributed by atoms with Crippen molar-refractivity contribution in [3.63, 3.8) is 0 Å². The Bertz CT molecular complexity index is 2640. The zero-order valence-corrected chi connectivity index (χ0v) is 57.4. The van der Waals surface area contributed by atoms with E-state index in [1.807, 2.05) is 72.8 Å². The van der Waals surface area contributed by atoms with Crippen LogP contribution in [0.25, 0.3) is 0 Å². The number of phenolic OH excluding ortho intramolecular Hbond substituents is 2. The van der Waals surface area contributed by atoms with Gasteiger partial charge in [0.25, 0.3) is 0 Å². The second kappa shape index (κ2) is 24.6. The molecule has 20 heteroatoms. The topological polar surface area (TPSA) is 118 Å². The van der Waals surface area contributed by atoms with Crippen LogP contribution in [0.3, 0.4) is 0 Å². The van der Waals surface area contributed by atoms with Crippen molar-refractivity contribution in [1.82, 2.24) is 0 Å². The van der Waals surface area contributed by atoms with Gasteiger partial charge in [-0.05, 0) is 297 Å². The fourth-order valence-corrected chi connectivity index (χ4v) is 15.4. The number of aliphatic hydroxyl groups is 2. The number of hydrogen-bond acceptors (Lipinski definition) is 8. The van der Waals surface area contributed by atoms with E-state index >= 15 is 0 Å². The normalized spacial score (nSPS) is 13.0. The van der Waals surface area contributed by atoms with E-state index in [4.69, 9.17) is 18.9 Å². The summed E-state index contributed by atoms with van der Waals surface area (Å²) >= 11 is 43.3. The fraction of sp³-hybridized carbons (Fsp3) is 0.294. The van der Waals surface area contributed by atoms with Gasteiger partial charge >= 0.3 is 0 Å². The summed E-state index contributed by atoms with van der Waals surface area (Å²) in [6.07, 6.45) is -1.92. The standard InChI is InChI=1S/C51H44Br12O8/c1-49(2,23-7-31(52)43(66)32(53)8-23)25-11-35(56)45(36(57)12-25)68-19-29(64)21-70-47-39(60)15-27(16-40(47)61)51(5,6)28-17-41(62)48(42(63)18-28)71-22-30(65)20-69-46-37(58)13-26(14-38(46)59)50(3,4)24-9-33(54)44(67)34(55)10-24/h7-18,29-30,64-67H,19-22H2,1-6H3. The van der Waals surface area contributed by atoms with E-state index < -0.39 is 28.5 Å². The van der Waals surface area contributed by atoms with Crippen LogP contribution < -0.4 is 18.9 Å². The molecule has 0 aromatic heterocycles. The largest absolute Gasteiger partial charge is 0.506 e. The van der Waals surface area contributed by atoms with Crippen molar-refractivity contribution >= 4 is 191 Å². The summed E-state index contributed by atoms with van der Waals surface area (Å²) in [5, 5.41) is 42.5. The highest BCUT2D eigenvalue weighted by Gasteiger charge is 2.31. The highest BCUT2D eigenvalue weighted by molar-refractivity contribution is 9.12. The second-order valence-electron chi connectivity index (χ2n) is 18.1. The zero-order valence-electron chi connectivity index (χ0n) is 38.4. The molecule has 2 atom stereocenters. The molecule has 0 fully saturated rings. The SMILES string of the molecule is CC(C)(c1cc(Br)c(O)c(Br)c1)c1cc(Br)c(OCC(O)COc2c(Br)cc(C(C)(C)c3cc(Br)c(OCC(O)COc4c(Br)cc(C(C)(C)c5cc(Br)c(O)c(Br)c5)cc4Br)c(Br)c3)cc2Br)c(Br)c1. The minimum atomic E-state index is -0.958. The maximum absolute atomic E-state index is 11.0. The molecule has 2 unspecified atom stereocenters. The van der Waals surface area contributed by atoms with Gasteiger partial charge < -0.3 is 39.4 Å². The molecule has 0 aliphatic carbocycles. The van der Waals surface area contributed by atoms with E-state index in [0.717, 1.165) is 33.4 Å². The van der Waals surface area contributed by atoms with Crippen molar-refractivity contribution < 1.29 is 39.4 Å². The Morgan fingerprint density at radius 1 is 0.310 bits per heavy atom. The molecule has 380 valence electrons. The number of phenols is 2. The maximum Gasteiger partial charge on any atom is 0.147 e. The van der Waals surface area contributed by atoms with Crippen LogP contribution in [0.4, 0.5) is 0 Å². The lowest BCUT2D eigenvalue weighted by atomic mass is 9.78. The Kier molecular flexibility index (Phi) is 20.8. The Morgan fingerprint density at radius 2 is 0.451 bits per heavy atom. The molecular weight excluding hydrogens is 1700 g/mol. The van der Waals surface area contributed by atoms with Gasteiger partial charge in [-0.15, -0.1) is 0 Å². The molecular formula is C51H44Br12O8. The van der Waals surface area contributed by atoms with Crippen molar-refractivity contribution in [2.45, 2.75) is 70.0 Å². The van der Waals surface area contributed by atoms with Crippen molar-refractivity contribution in [3.05, 3.63) is 160 Å². The van der Waals surface area contributed by atoms with Gasteiger partial charge in [-0.1, -0.05) is 41.5 Å². The zero-order chi connectivity index (χ0) is 52.7. The molecule has 71 heavy (non-hydrogen) atoms. The quantitative estimate of drug-likeness (QED) is 0.0672. The van der Waals surface area contributed by atoms with Gasteiger partial charge in [0.15, 0.2) is 0 Å². The van der Waals surface area contributed by atoms with Gasteiger partial charge in [-0.2, -0.15) is 0 Å². The van der Waals surface area contributed by atoms with Crippen LogP contribution in [0.2, 0.25) is 0 Å². The summed E-state index contributed by atoms with van der Waals surface area (Å²) in [5.41, 5.74) is 4.57. The maximum atomic E-state index is 11.0. The molecule has 6 rings (SSSR count). The first-order chi connectivity index (χ1) is 33.0. The third-order valence-electron chi connectivity index (χ3n) is 12.0. The number of aromatic hydroxyl groups is 2. The van der Waals surface area contributed by atoms with Crippen LogP contribution in [0.15, 0.2) is 126 Å². The third kappa shape index (κ3) is 13.9. The van der Waals surface area contributed by atoms with Crippen LogP contribution in [0.1, 0.15) is 74.9 Å². The van der Waals surface area contributed by atoms with E-state index in [-0.39, 0.29) is 37.9 Å². The monoisotopic (exact) mass is 1730 g/mol. The van der Waals surface area contributed by atoms with E-state index in [9.17, 15) is 20.4 Å². The van der Waals surface area contributed by atoms with Gasteiger partial charge in [0.2, 0.25) is 0 Å². The van der Waals surface area contributed by atoms with Crippen molar-refractivity contribution in [2.75, 3.05) is 26.4 Å². The molecule has 0 saturated carbocycles. The summed E-state index contributed by atoms with van der Waals surface area (Å²) in [4.78, 5) is 0.